The number of carbonyl (C=O) groups excluding carboxylic acids is 2. The molecule has 1 aromatic carbocycles. The number of furan rings is 1. The summed E-state index contributed by atoms with van der Waals surface area (Å²) in [5, 5.41) is 5.85. The van der Waals surface area contributed by atoms with Gasteiger partial charge in [0.2, 0.25) is 5.91 Å². The number of benzene rings is 1. The van der Waals surface area contributed by atoms with E-state index >= 15 is 0 Å². The van der Waals surface area contributed by atoms with Crippen molar-refractivity contribution in [2.75, 3.05) is 25.0 Å². The van der Waals surface area contributed by atoms with Crippen LogP contribution < -0.4 is 10.6 Å². The van der Waals surface area contributed by atoms with Crippen molar-refractivity contribution >= 4 is 33.4 Å². The Bertz CT molecular complexity index is 797. The standard InChI is InChI=1S/C21H26BrN3O3/c1-15(14-25-11-3-2-4-12-25)23-20(26)13-16-5-7-17(8-6-16)24-21(27)18-9-10-19(22)28-18/h5-10,15H,2-4,11-14H2,1H3,(H,23,26)(H,24,27). The number of rotatable bonds is 7. The third-order valence-electron chi connectivity index (χ3n) is 4.76. The Morgan fingerprint density at radius 1 is 1.11 bits per heavy atom. The summed E-state index contributed by atoms with van der Waals surface area (Å²) >= 11 is 3.18. The van der Waals surface area contributed by atoms with Gasteiger partial charge in [-0.2, -0.15) is 0 Å². The second kappa shape index (κ2) is 9.89. The average Bonchev–Trinajstić information content (AvgIpc) is 3.10. The Labute approximate surface area is 173 Å². The van der Waals surface area contributed by atoms with Crippen LogP contribution in [0.3, 0.4) is 0 Å². The van der Waals surface area contributed by atoms with Gasteiger partial charge in [-0.3, -0.25) is 9.59 Å². The molecular formula is C21H26BrN3O3. The van der Waals surface area contributed by atoms with Crippen molar-refractivity contribution in [3.63, 3.8) is 0 Å². The molecule has 0 aliphatic carbocycles. The number of nitrogens with zero attached hydrogens (tertiary/aromatic N) is 1. The summed E-state index contributed by atoms with van der Waals surface area (Å²) in [6.45, 7) is 5.21. The molecule has 6 nitrogen and oxygen atoms in total. The SMILES string of the molecule is CC(CN1CCCCC1)NC(=O)Cc1ccc(NC(=O)c2ccc(Br)o2)cc1. The Morgan fingerprint density at radius 2 is 1.82 bits per heavy atom. The monoisotopic (exact) mass is 447 g/mol. The van der Waals surface area contributed by atoms with Gasteiger partial charge in [-0.1, -0.05) is 18.6 Å². The first-order valence-electron chi connectivity index (χ1n) is 9.67. The van der Waals surface area contributed by atoms with Gasteiger partial charge in [0.15, 0.2) is 10.4 Å². The lowest BCUT2D eigenvalue weighted by atomic mass is 10.1. The average molecular weight is 448 g/mol. The maximum absolute atomic E-state index is 12.3. The van der Waals surface area contributed by atoms with Gasteiger partial charge in [0.05, 0.1) is 6.42 Å². The van der Waals surface area contributed by atoms with Gasteiger partial charge in [-0.25, -0.2) is 0 Å². The highest BCUT2D eigenvalue weighted by Crippen LogP contribution is 2.17. The van der Waals surface area contributed by atoms with Gasteiger partial charge >= 0.3 is 0 Å². The minimum Gasteiger partial charge on any atom is -0.444 e. The highest BCUT2D eigenvalue weighted by atomic mass is 79.9. The second-order valence-electron chi connectivity index (χ2n) is 7.26. The zero-order chi connectivity index (χ0) is 19.9. The third-order valence-corrected chi connectivity index (χ3v) is 5.19. The van der Waals surface area contributed by atoms with E-state index in [1.807, 2.05) is 12.1 Å². The predicted octanol–water partition coefficient (Wildman–Crippen LogP) is 3.83. The number of amides is 2. The van der Waals surface area contributed by atoms with E-state index in [9.17, 15) is 9.59 Å². The topological polar surface area (TPSA) is 74.6 Å². The second-order valence-corrected chi connectivity index (χ2v) is 8.04. The van der Waals surface area contributed by atoms with Crippen molar-refractivity contribution < 1.29 is 14.0 Å². The Morgan fingerprint density at radius 3 is 2.46 bits per heavy atom. The summed E-state index contributed by atoms with van der Waals surface area (Å²) in [5.41, 5.74) is 1.56. The van der Waals surface area contributed by atoms with Gasteiger partial charge in [0.25, 0.3) is 5.91 Å². The number of hydrogen-bond acceptors (Lipinski definition) is 4. The molecule has 3 rings (SSSR count). The lowest BCUT2D eigenvalue weighted by molar-refractivity contribution is -0.121. The van der Waals surface area contributed by atoms with Crippen LogP contribution in [0, 0.1) is 0 Å². The van der Waals surface area contributed by atoms with Crippen molar-refractivity contribution in [1.29, 1.82) is 0 Å². The van der Waals surface area contributed by atoms with Crippen LogP contribution in [0.2, 0.25) is 0 Å². The smallest absolute Gasteiger partial charge is 0.291 e. The lowest BCUT2D eigenvalue weighted by Crippen LogP contribution is -2.44. The molecule has 1 unspecified atom stereocenters. The highest BCUT2D eigenvalue weighted by molar-refractivity contribution is 9.10. The molecule has 0 spiro atoms. The molecule has 7 heteroatoms. The minimum absolute atomic E-state index is 0.0155. The van der Waals surface area contributed by atoms with Crippen LogP contribution in [0.5, 0.6) is 0 Å². The maximum Gasteiger partial charge on any atom is 0.291 e. The zero-order valence-electron chi connectivity index (χ0n) is 16.0. The Hall–Kier alpha value is -2.12. The fourth-order valence-corrected chi connectivity index (χ4v) is 3.73. The van der Waals surface area contributed by atoms with Crippen LogP contribution >= 0.6 is 15.9 Å². The number of piperidine rings is 1. The van der Waals surface area contributed by atoms with Gasteiger partial charge < -0.3 is 20.0 Å². The van der Waals surface area contributed by atoms with E-state index in [1.54, 1.807) is 24.3 Å². The zero-order valence-corrected chi connectivity index (χ0v) is 17.6. The molecule has 1 fully saturated rings. The van der Waals surface area contributed by atoms with Crippen LogP contribution in [0.25, 0.3) is 0 Å². The predicted molar refractivity (Wildman–Crippen MR) is 112 cm³/mol. The normalized spacial score (nSPS) is 15.8. The fraction of sp³-hybridized carbons (Fsp3) is 0.429. The molecule has 1 aromatic heterocycles. The first-order chi connectivity index (χ1) is 13.5. The quantitative estimate of drug-likeness (QED) is 0.676. The van der Waals surface area contributed by atoms with Crippen molar-refractivity contribution in [1.82, 2.24) is 10.2 Å². The van der Waals surface area contributed by atoms with Gasteiger partial charge in [-0.05, 0) is 78.6 Å². The van der Waals surface area contributed by atoms with Crippen molar-refractivity contribution in [2.24, 2.45) is 0 Å². The molecule has 150 valence electrons. The minimum atomic E-state index is -0.317. The van der Waals surface area contributed by atoms with Crippen LogP contribution in [0.1, 0.15) is 42.3 Å². The molecule has 1 aliphatic rings. The third kappa shape index (κ3) is 6.21. The molecule has 2 amide bonds. The molecule has 0 radical (unpaired) electrons. The van der Waals surface area contributed by atoms with Gasteiger partial charge in [0.1, 0.15) is 0 Å². The van der Waals surface area contributed by atoms with Gasteiger partial charge in [-0.15, -0.1) is 0 Å². The van der Waals surface area contributed by atoms with Crippen LogP contribution in [0.15, 0.2) is 45.5 Å². The summed E-state index contributed by atoms with van der Waals surface area (Å²) in [6.07, 6.45) is 4.14. The first-order valence-corrected chi connectivity index (χ1v) is 10.5. The van der Waals surface area contributed by atoms with Crippen molar-refractivity contribution in [3.05, 3.63) is 52.4 Å². The van der Waals surface area contributed by atoms with E-state index in [-0.39, 0.29) is 23.6 Å². The number of hydrogen-bond donors (Lipinski definition) is 2. The van der Waals surface area contributed by atoms with E-state index in [0.29, 0.717) is 16.8 Å². The number of anilines is 1. The molecule has 2 heterocycles. The molecule has 0 saturated carbocycles. The summed E-state index contributed by atoms with van der Waals surface area (Å²) in [5.74, 6) is -0.0671. The summed E-state index contributed by atoms with van der Waals surface area (Å²) in [4.78, 5) is 26.8. The largest absolute Gasteiger partial charge is 0.444 e. The number of halogens is 1. The molecule has 1 aliphatic heterocycles. The Balaban J connectivity index is 1.45. The fourth-order valence-electron chi connectivity index (χ4n) is 3.42. The van der Waals surface area contributed by atoms with E-state index < -0.39 is 0 Å². The highest BCUT2D eigenvalue weighted by Gasteiger charge is 2.15. The van der Waals surface area contributed by atoms with E-state index in [1.165, 1.54) is 19.3 Å². The van der Waals surface area contributed by atoms with Gasteiger partial charge in [0, 0.05) is 18.3 Å². The summed E-state index contributed by atoms with van der Waals surface area (Å²) in [6, 6.07) is 10.7. The molecule has 0 bridgehead atoms. The van der Waals surface area contributed by atoms with Crippen LogP contribution in [-0.4, -0.2) is 42.4 Å². The summed E-state index contributed by atoms with van der Waals surface area (Å²) < 4.78 is 5.74. The maximum atomic E-state index is 12.3. The van der Waals surface area contributed by atoms with E-state index in [4.69, 9.17) is 4.42 Å². The van der Waals surface area contributed by atoms with Crippen molar-refractivity contribution in [3.8, 4) is 0 Å². The molecule has 1 saturated heterocycles. The molecule has 2 N–H and O–H groups in total. The summed E-state index contributed by atoms with van der Waals surface area (Å²) in [7, 11) is 0. The number of likely N-dealkylation sites (tertiary alicyclic amines) is 1. The van der Waals surface area contributed by atoms with Crippen molar-refractivity contribution in [2.45, 2.75) is 38.6 Å². The first kappa shape index (κ1) is 20.6. The Kier molecular flexibility index (Phi) is 7.28. The molecule has 28 heavy (non-hydrogen) atoms. The lowest BCUT2D eigenvalue weighted by Gasteiger charge is -2.29. The van der Waals surface area contributed by atoms with E-state index in [2.05, 4.69) is 38.4 Å². The molecule has 1 atom stereocenters. The molecule has 2 aromatic rings. The molecular weight excluding hydrogens is 422 g/mol. The van der Waals surface area contributed by atoms with E-state index in [0.717, 1.165) is 25.2 Å². The number of carbonyl (C=O) groups is 2. The van der Waals surface area contributed by atoms with Crippen LogP contribution in [-0.2, 0) is 11.2 Å². The number of nitrogens with one attached hydrogen (secondary N) is 2. The van der Waals surface area contributed by atoms with Crippen LogP contribution in [0.4, 0.5) is 5.69 Å².